The van der Waals surface area contributed by atoms with E-state index in [9.17, 15) is 13.2 Å². The molecule has 0 fully saturated rings. The first-order chi connectivity index (χ1) is 12.3. The largest absolute Gasteiger partial charge is 0.399 e. The van der Waals surface area contributed by atoms with Crippen molar-refractivity contribution in [1.82, 2.24) is 5.32 Å². The molecule has 0 aliphatic carbocycles. The number of carbonyl (C=O) groups excluding carboxylic acids is 1. The number of rotatable bonds is 8. The van der Waals surface area contributed by atoms with Crippen LogP contribution in [0, 0.1) is 0 Å². The molecule has 2 aromatic carbocycles. The normalized spacial score (nSPS) is 12.4. The predicted octanol–water partition coefficient (Wildman–Crippen LogP) is 1.27. The molecular formula is C18H23N3O4S. The lowest BCUT2D eigenvalue weighted by molar-refractivity contribution is 0.0942. The number of amides is 1. The van der Waals surface area contributed by atoms with Gasteiger partial charge >= 0.3 is 0 Å². The molecule has 7 nitrogen and oxygen atoms in total. The highest BCUT2D eigenvalue weighted by Gasteiger charge is 2.19. The number of nitrogens with two attached hydrogens (primary N) is 1. The van der Waals surface area contributed by atoms with E-state index in [-0.39, 0.29) is 22.6 Å². The first-order valence-electron chi connectivity index (χ1n) is 8.16. The molecule has 5 N–H and O–H groups in total. The number of hydrogen-bond acceptors (Lipinski definition) is 6. The van der Waals surface area contributed by atoms with Crippen LogP contribution in [0.2, 0.25) is 0 Å². The Bertz CT molecular complexity index is 854. The zero-order valence-electron chi connectivity index (χ0n) is 14.5. The summed E-state index contributed by atoms with van der Waals surface area (Å²) in [4.78, 5) is 12.2. The molecular weight excluding hydrogens is 354 g/mol. The van der Waals surface area contributed by atoms with Crippen LogP contribution in [0.25, 0.3) is 0 Å². The van der Waals surface area contributed by atoms with Crippen LogP contribution in [0.3, 0.4) is 0 Å². The van der Waals surface area contributed by atoms with Crippen molar-refractivity contribution < 1.29 is 18.3 Å². The monoisotopic (exact) mass is 377 g/mol. The van der Waals surface area contributed by atoms with Crippen molar-refractivity contribution >= 4 is 27.1 Å². The summed E-state index contributed by atoms with van der Waals surface area (Å²) in [6.45, 7) is 1.66. The number of nitrogens with one attached hydrogen (secondary N) is 2. The number of aliphatic hydroxyl groups excluding tert-OH is 1. The van der Waals surface area contributed by atoms with E-state index in [0.29, 0.717) is 23.5 Å². The average molecular weight is 377 g/mol. The quantitative estimate of drug-likeness (QED) is 0.514. The topological polar surface area (TPSA) is 122 Å². The van der Waals surface area contributed by atoms with Crippen molar-refractivity contribution in [3.63, 3.8) is 0 Å². The van der Waals surface area contributed by atoms with Crippen LogP contribution in [0.1, 0.15) is 17.3 Å². The molecule has 0 bridgehead atoms. The van der Waals surface area contributed by atoms with E-state index >= 15 is 0 Å². The third-order valence-corrected chi connectivity index (χ3v) is 5.44. The molecule has 0 heterocycles. The molecule has 1 unspecified atom stereocenters. The maximum Gasteiger partial charge on any atom is 0.251 e. The lowest BCUT2D eigenvalue weighted by atomic mass is 10.2. The molecule has 140 valence electrons. The molecule has 0 aliphatic rings. The van der Waals surface area contributed by atoms with Crippen molar-refractivity contribution in [1.29, 1.82) is 0 Å². The molecule has 0 aliphatic heterocycles. The van der Waals surface area contributed by atoms with Gasteiger partial charge in [0.25, 0.3) is 5.91 Å². The maximum atomic E-state index is 12.3. The van der Waals surface area contributed by atoms with E-state index in [2.05, 4.69) is 10.6 Å². The van der Waals surface area contributed by atoms with Crippen LogP contribution >= 0.6 is 0 Å². The smallest absolute Gasteiger partial charge is 0.251 e. The van der Waals surface area contributed by atoms with Crippen molar-refractivity contribution in [3.8, 4) is 0 Å². The van der Waals surface area contributed by atoms with Gasteiger partial charge in [0.05, 0.1) is 22.9 Å². The van der Waals surface area contributed by atoms with E-state index in [1.807, 2.05) is 13.0 Å². The van der Waals surface area contributed by atoms with Crippen LogP contribution in [0.15, 0.2) is 53.4 Å². The Kier molecular flexibility index (Phi) is 6.59. The van der Waals surface area contributed by atoms with Gasteiger partial charge in [0.1, 0.15) is 0 Å². The molecule has 2 aromatic rings. The third-order valence-electron chi connectivity index (χ3n) is 3.71. The van der Waals surface area contributed by atoms with E-state index in [4.69, 9.17) is 10.8 Å². The zero-order chi connectivity index (χ0) is 19.2. The Hall–Kier alpha value is -2.58. The zero-order valence-corrected chi connectivity index (χ0v) is 15.3. The van der Waals surface area contributed by atoms with Crippen LogP contribution in [-0.2, 0) is 9.84 Å². The number of hydrogen-bond donors (Lipinski definition) is 4. The molecule has 26 heavy (non-hydrogen) atoms. The van der Waals surface area contributed by atoms with Crippen LogP contribution in [0.4, 0.5) is 11.4 Å². The SMILES string of the molecule is CC(CNc1ccc(N)cc1S(=O)(=O)CCO)NC(=O)c1ccccc1. The Morgan fingerprint density at radius 2 is 1.88 bits per heavy atom. The minimum absolute atomic E-state index is 0.0353. The molecule has 0 saturated carbocycles. The van der Waals surface area contributed by atoms with Gasteiger partial charge in [0.2, 0.25) is 0 Å². The van der Waals surface area contributed by atoms with Gasteiger partial charge in [-0.2, -0.15) is 0 Å². The molecule has 2 rings (SSSR count). The van der Waals surface area contributed by atoms with Crippen LogP contribution in [0.5, 0.6) is 0 Å². The molecule has 0 aromatic heterocycles. The molecule has 0 radical (unpaired) electrons. The summed E-state index contributed by atoms with van der Waals surface area (Å²) >= 11 is 0. The highest BCUT2D eigenvalue weighted by Crippen LogP contribution is 2.25. The first-order valence-corrected chi connectivity index (χ1v) is 9.81. The van der Waals surface area contributed by atoms with E-state index < -0.39 is 16.4 Å². The summed E-state index contributed by atoms with van der Waals surface area (Å²) in [5, 5.41) is 14.8. The first kappa shape index (κ1) is 19.7. The minimum atomic E-state index is -3.66. The summed E-state index contributed by atoms with van der Waals surface area (Å²) < 4.78 is 24.6. The second-order valence-electron chi connectivity index (χ2n) is 5.92. The summed E-state index contributed by atoms with van der Waals surface area (Å²) in [6, 6.07) is 13.1. The van der Waals surface area contributed by atoms with Crippen molar-refractivity contribution in [2.24, 2.45) is 0 Å². The van der Waals surface area contributed by atoms with Gasteiger partial charge in [-0.05, 0) is 37.3 Å². The average Bonchev–Trinajstić information content (AvgIpc) is 2.61. The standard InChI is InChI=1S/C18H23N3O4S/c1-13(21-18(23)14-5-3-2-4-6-14)12-20-16-8-7-15(19)11-17(16)26(24,25)10-9-22/h2-8,11,13,20,22H,9-10,12,19H2,1H3,(H,21,23). The van der Waals surface area contributed by atoms with Crippen molar-refractivity contribution in [3.05, 3.63) is 54.1 Å². The third kappa shape index (κ3) is 5.21. The fourth-order valence-electron chi connectivity index (χ4n) is 2.38. The number of aliphatic hydroxyl groups is 1. The number of benzene rings is 2. The lowest BCUT2D eigenvalue weighted by Crippen LogP contribution is -2.37. The second kappa shape index (κ2) is 8.68. The molecule has 1 atom stereocenters. The highest BCUT2D eigenvalue weighted by atomic mass is 32.2. The molecule has 0 saturated heterocycles. The van der Waals surface area contributed by atoms with Crippen molar-refractivity contribution in [2.75, 3.05) is 30.0 Å². The molecule has 1 amide bonds. The van der Waals surface area contributed by atoms with Gasteiger partial charge in [0.15, 0.2) is 9.84 Å². The number of sulfone groups is 1. The van der Waals surface area contributed by atoms with Gasteiger partial charge in [-0.25, -0.2) is 8.42 Å². The highest BCUT2D eigenvalue weighted by molar-refractivity contribution is 7.91. The Balaban J connectivity index is 2.06. The van der Waals surface area contributed by atoms with Crippen LogP contribution < -0.4 is 16.4 Å². The van der Waals surface area contributed by atoms with Gasteiger partial charge in [-0.1, -0.05) is 18.2 Å². The summed E-state index contributed by atoms with van der Waals surface area (Å²) in [5.41, 5.74) is 6.95. The summed E-state index contributed by atoms with van der Waals surface area (Å²) in [5.74, 6) is -0.587. The van der Waals surface area contributed by atoms with E-state index in [1.54, 1.807) is 36.4 Å². The number of carbonyl (C=O) groups is 1. The molecule has 8 heteroatoms. The predicted molar refractivity (Wildman–Crippen MR) is 102 cm³/mol. The molecule has 0 spiro atoms. The van der Waals surface area contributed by atoms with Crippen LogP contribution in [-0.4, -0.2) is 44.4 Å². The maximum absolute atomic E-state index is 12.3. The van der Waals surface area contributed by atoms with Gasteiger partial charge < -0.3 is 21.5 Å². The van der Waals surface area contributed by atoms with Gasteiger partial charge in [-0.3, -0.25) is 4.79 Å². The summed E-state index contributed by atoms with van der Waals surface area (Å²) in [6.07, 6.45) is 0. The summed E-state index contributed by atoms with van der Waals surface area (Å²) in [7, 11) is -3.66. The van der Waals surface area contributed by atoms with Gasteiger partial charge in [0, 0.05) is 23.8 Å². The Morgan fingerprint density at radius 3 is 2.54 bits per heavy atom. The number of nitrogen functional groups attached to an aromatic ring is 1. The number of anilines is 2. The van der Waals surface area contributed by atoms with E-state index in [1.165, 1.54) is 6.07 Å². The fraction of sp³-hybridized carbons (Fsp3) is 0.278. The van der Waals surface area contributed by atoms with Gasteiger partial charge in [-0.15, -0.1) is 0 Å². The fourth-order valence-corrected chi connectivity index (χ4v) is 3.63. The minimum Gasteiger partial charge on any atom is -0.399 e. The van der Waals surface area contributed by atoms with E-state index in [0.717, 1.165) is 0 Å². The second-order valence-corrected chi connectivity index (χ2v) is 8.00. The lowest BCUT2D eigenvalue weighted by Gasteiger charge is -2.18. The Labute approximate surface area is 153 Å². The Morgan fingerprint density at radius 1 is 1.19 bits per heavy atom. The van der Waals surface area contributed by atoms with Crippen molar-refractivity contribution in [2.45, 2.75) is 17.9 Å².